The van der Waals surface area contributed by atoms with Crippen LogP contribution in [0, 0.1) is 13.8 Å². The topological polar surface area (TPSA) is 86.8 Å². The zero-order valence-corrected chi connectivity index (χ0v) is 22.3. The van der Waals surface area contributed by atoms with Crippen LogP contribution >= 0.6 is 11.6 Å². The highest BCUT2D eigenvalue weighted by molar-refractivity contribution is 7.92. The van der Waals surface area contributed by atoms with Gasteiger partial charge in [0.05, 0.1) is 10.6 Å². The number of nitrogens with zero attached hydrogens (tertiary/aromatic N) is 2. The lowest BCUT2D eigenvalue weighted by Crippen LogP contribution is -2.50. The highest BCUT2D eigenvalue weighted by Gasteiger charge is 2.32. The Labute approximate surface area is 217 Å². The van der Waals surface area contributed by atoms with Crippen molar-refractivity contribution in [1.29, 1.82) is 0 Å². The lowest BCUT2D eigenvalue weighted by atomic mass is 10.1. The van der Waals surface area contributed by atoms with Crippen LogP contribution in [0.3, 0.4) is 0 Å². The predicted octanol–water partition coefficient (Wildman–Crippen LogP) is 4.32. The normalized spacial score (nSPS) is 12.0. The van der Waals surface area contributed by atoms with Crippen LogP contribution < -0.4 is 9.62 Å². The van der Waals surface area contributed by atoms with Crippen LogP contribution in [0.5, 0.6) is 0 Å². The summed E-state index contributed by atoms with van der Waals surface area (Å²) in [6, 6.07) is 19.5. The molecule has 0 saturated heterocycles. The van der Waals surface area contributed by atoms with Crippen molar-refractivity contribution >= 4 is 39.1 Å². The van der Waals surface area contributed by atoms with E-state index in [-0.39, 0.29) is 17.3 Å². The summed E-state index contributed by atoms with van der Waals surface area (Å²) in [5.41, 5.74) is 2.84. The van der Waals surface area contributed by atoms with Crippen LogP contribution in [-0.4, -0.2) is 44.8 Å². The molecule has 7 nitrogen and oxygen atoms in total. The van der Waals surface area contributed by atoms with Crippen LogP contribution in [0.4, 0.5) is 5.69 Å². The van der Waals surface area contributed by atoms with Crippen molar-refractivity contribution in [3.05, 3.63) is 94.5 Å². The van der Waals surface area contributed by atoms with Gasteiger partial charge in [0.1, 0.15) is 12.6 Å². The smallest absolute Gasteiger partial charge is 0.264 e. The SMILES string of the molecule is CNC(=O)C(C)N(Cc1ccc(Cl)cc1)C(=O)CN(c1ccc(C)cc1C)S(=O)(=O)c1ccccc1. The Bertz CT molecular complexity index is 1330. The molecule has 0 fully saturated rings. The third kappa shape index (κ3) is 6.25. The van der Waals surface area contributed by atoms with Crippen molar-refractivity contribution in [3.8, 4) is 0 Å². The Morgan fingerprint density at radius 2 is 1.61 bits per heavy atom. The third-order valence-corrected chi connectivity index (χ3v) is 7.94. The van der Waals surface area contributed by atoms with Crippen LogP contribution in [-0.2, 0) is 26.2 Å². The van der Waals surface area contributed by atoms with Crippen LogP contribution in [0.25, 0.3) is 0 Å². The fourth-order valence-electron chi connectivity index (χ4n) is 3.90. The molecule has 0 bridgehead atoms. The van der Waals surface area contributed by atoms with E-state index in [1.165, 1.54) is 24.1 Å². The largest absolute Gasteiger partial charge is 0.357 e. The average Bonchev–Trinajstić information content (AvgIpc) is 2.86. The zero-order valence-electron chi connectivity index (χ0n) is 20.7. The fourth-order valence-corrected chi connectivity index (χ4v) is 5.52. The minimum Gasteiger partial charge on any atom is -0.357 e. The van der Waals surface area contributed by atoms with Gasteiger partial charge >= 0.3 is 0 Å². The molecule has 36 heavy (non-hydrogen) atoms. The zero-order chi connectivity index (χ0) is 26.5. The minimum absolute atomic E-state index is 0.0707. The molecule has 0 aliphatic carbocycles. The average molecular weight is 528 g/mol. The molecule has 0 heterocycles. The first-order valence-electron chi connectivity index (χ1n) is 11.4. The monoisotopic (exact) mass is 527 g/mol. The second kappa shape index (κ2) is 11.6. The van der Waals surface area contributed by atoms with E-state index in [0.717, 1.165) is 15.4 Å². The molecule has 3 aromatic carbocycles. The standard InChI is InChI=1S/C27H30ClN3O4S/c1-19-10-15-25(20(2)16-19)31(36(34,35)24-8-6-5-7-9-24)18-26(32)30(21(3)27(33)29-4)17-22-11-13-23(28)14-12-22/h5-16,21H,17-18H2,1-4H3,(H,29,33). The molecular weight excluding hydrogens is 498 g/mol. The van der Waals surface area contributed by atoms with Gasteiger partial charge < -0.3 is 10.2 Å². The van der Waals surface area contributed by atoms with Gasteiger partial charge in [0.2, 0.25) is 11.8 Å². The summed E-state index contributed by atoms with van der Waals surface area (Å²) in [5, 5.41) is 3.11. The molecule has 3 rings (SSSR count). The first-order valence-corrected chi connectivity index (χ1v) is 13.3. The molecule has 0 aliphatic heterocycles. The first-order chi connectivity index (χ1) is 17.0. The highest BCUT2D eigenvalue weighted by Crippen LogP contribution is 2.28. The van der Waals surface area contributed by atoms with Crippen molar-refractivity contribution in [2.75, 3.05) is 17.9 Å². The van der Waals surface area contributed by atoms with E-state index in [4.69, 9.17) is 11.6 Å². The van der Waals surface area contributed by atoms with Gasteiger partial charge in [-0.2, -0.15) is 0 Å². The molecule has 0 aliphatic rings. The maximum absolute atomic E-state index is 13.7. The molecule has 3 aromatic rings. The summed E-state index contributed by atoms with van der Waals surface area (Å²) in [4.78, 5) is 27.7. The number of benzene rings is 3. The van der Waals surface area contributed by atoms with Gasteiger partial charge in [-0.25, -0.2) is 8.42 Å². The molecule has 0 aromatic heterocycles. The lowest BCUT2D eigenvalue weighted by Gasteiger charge is -2.32. The van der Waals surface area contributed by atoms with Gasteiger partial charge in [0.25, 0.3) is 10.0 Å². The quantitative estimate of drug-likeness (QED) is 0.449. The second-order valence-corrected chi connectivity index (χ2v) is 10.9. The number of sulfonamides is 1. The van der Waals surface area contributed by atoms with E-state index in [0.29, 0.717) is 16.3 Å². The highest BCUT2D eigenvalue weighted by atomic mass is 35.5. The summed E-state index contributed by atoms with van der Waals surface area (Å²) >= 11 is 6.00. The second-order valence-electron chi connectivity index (χ2n) is 8.55. The van der Waals surface area contributed by atoms with Crippen molar-refractivity contribution in [2.45, 2.75) is 38.3 Å². The third-order valence-electron chi connectivity index (χ3n) is 5.91. The van der Waals surface area contributed by atoms with E-state index in [1.54, 1.807) is 68.4 Å². The Kier molecular flexibility index (Phi) is 8.76. The summed E-state index contributed by atoms with van der Waals surface area (Å²) in [7, 11) is -2.59. The number of hydrogen-bond donors (Lipinski definition) is 1. The fraction of sp³-hybridized carbons (Fsp3) is 0.259. The van der Waals surface area contributed by atoms with E-state index in [9.17, 15) is 18.0 Å². The van der Waals surface area contributed by atoms with Gasteiger partial charge in [0, 0.05) is 18.6 Å². The maximum Gasteiger partial charge on any atom is 0.264 e. The molecule has 1 unspecified atom stereocenters. The molecule has 0 saturated carbocycles. The number of hydrogen-bond acceptors (Lipinski definition) is 4. The van der Waals surface area contributed by atoms with Gasteiger partial charge in [-0.1, -0.05) is 59.6 Å². The molecule has 1 N–H and O–H groups in total. The number of anilines is 1. The van der Waals surface area contributed by atoms with Crippen molar-refractivity contribution in [3.63, 3.8) is 0 Å². The summed E-state index contributed by atoms with van der Waals surface area (Å²) in [6.45, 7) is 4.96. The molecule has 0 radical (unpaired) electrons. The van der Waals surface area contributed by atoms with E-state index >= 15 is 0 Å². The minimum atomic E-state index is -4.08. The van der Waals surface area contributed by atoms with E-state index in [1.807, 2.05) is 13.0 Å². The Morgan fingerprint density at radius 1 is 0.972 bits per heavy atom. The number of carbonyl (C=O) groups is 2. The van der Waals surface area contributed by atoms with Gasteiger partial charge in [-0.05, 0) is 62.2 Å². The van der Waals surface area contributed by atoms with Crippen molar-refractivity contribution < 1.29 is 18.0 Å². The van der Waals surface area contributed by atoms with Crippen molar-refractivity contribution in [2.24, 2.45) is 0 Å². The van der Waals surface area contributed by atoms with Crippen LogP contribution in [0.1, 0.15) is 23.6 Å². The number of rotatable bonds is 9. The Morgan fingerprint density at radius 3 is 2.19 bits per heavy atom. The van der Waals surface area contributed by atoms with Crippen LogP contribution in [0.2, 0.25) is 5.02 Å². The Balaban J connectivity index is 2.05. The lowest BCUT2D eigenvalue weighted by molar-refractivity contribution is -0.139. The summed E-state index contributed by atoms with van der Waals surface area (Å²) in [6.07, 6.45) is 0. The molecule has 190 valence electrons. The number of halogens is 1. The number of carbonyl (C=O) groups excluding carboxylic acids is 2. The summed E-state index contributed by atoms with van der Waals surface area (Å²) in [5.74, 6) is -0.873. The first kappa shape index (κ1) is 27.2. The number of amides is 2. The number of aryl methyl sites for hydroxylation is 2. The number of likely N-dealkylation sites (N-methyl/N-ethyl adjacent to an activating group) is 1. The van der Waals surface area contributed by atoms with Gasteiger partial charge in [-0.3, -0.25) is 13.9 Å². The molecule has 0 spiro atoms. The predicted molar refractivity (Wildman–Crippen MR) is 142 cm³/mol. The van der Waals surface area contributed by atoms with Gasteiger partial charge in [0.15, 0.2) is 0 Å². The van der Waals surface area contributed by atoms with Crippen molar-refractivity contribution in [1.82, 2.24) is 10.2 Å². The van der Waals surface area contributed by atoms with E-state index < -0.39 is 28.5 Å². The summed E-state index contributed by atoms with van der Waals surface area (Å²) < 4.78 is 28.6. The maximum atomic E-state index is 13.7. The van der Waals surface area contributed by atoms with Crippen LogP contribution in [0.15, 0.2) is 77.7 Å². The molecule has 2 amide bonds. The molecule has 9 heteroatoms. The molecule has 1 atom stereocenters. The van der Waals surface area contributed by atoms with E-state index in [2.05, 4.69) is 5.32 Å². The number of nitrogens with one attached hydrogen (secondary N) is 1. The Hall–Kier alpha value is -3.36. The van der Waals surface area contributed by atoms with Gasteiger partial charge in [-0.15, -0.1) is 0 Å². The molecular formula is C27H30ClN3O4S.